The maximum atomic E-state index is 6.28. The first-order valence-electron chi connectivity index (χ1n) is 4.80. The Bertz CT molecular complexity index is 362. The molecule has 14 heavy (non-hydrogen) atoms. The SMILES string of the molecule is COc1cccnc1C1(N)CC1(C)C. The summed E-state index contributed by atoms with van der Waals surface area (Å²) in [4.78, 5) is 4.33. The van der Waals surface area contributed by atoms with E-state index in [0.29, 0.717) is 0 Å². The zero-order valence-electron chi connectivity index (χ0n) is 8.87. The number of hydrogen-bond acceptors (Lipinski definition) is 3. The first-order chi connectivity index (χ1) is 6.51. The molecule has 1 aromatic rings. The molecule has 1 saturated carbocycles. The minimum Gasteiger partial charge on any atom is -0.495 e. The molecule has 1 aliphatic carbocycles. The van der Waals surface area contributed by atoms with Gasteiger partial charge in [-0.1, -0.05) is 13.8 Å². The second kappa shape index (κ2) is 2.70. The van der Waals surface area contributed by atoms with Crippen molar-refractivity contribution in [2.75, 3.05) is 7.11 Å². The third-order valence-electron chi connectivity index (χ3n) is 3.22. The van der Waals surface area contributed by atoms with Crippen LogP contribution in [0.5, 0.6) is 5.75 Å². The minimum absolute atomic E-state index is 0.134. The topological polar surface area (TPSA) is 48.1 Å². The minimum atomic E-state index is -0.306. The fraction of sp³-hybridized carbons (Fsp3) is 0.545. The first-order valence-corrected chi connectivity index (χ1v) is 4.80. The number of methoxy groups -OCH3 is 1. The van der Waals surface area contributed by atoms with Gasteiger partial charge >= 0.3 is 0 Å². The second-order valence-electron chi connectivity index (χ2n) is 4.59. The van der Waals surface area contributed by atoms with Crippen LogP contribution < -0.4 is 10.5 Å². The summed E-state index contributed by atoms with van der Waals surface area (Å²) in [7, 11) is 1.65. The van der Waals surface area contributed by atoms with Crippen LogP contribution in [0.15, 0.2) is 18.3 Å². The average Bonchev–Trinajstić information content (AvgIpc) is 2.67. The van der Waals surface area contributed by atoms with Crippen LogP contribution in [-0.2, 0) is 5.54 Å². The molecule has 0 spiro atoms. The van der Waals surface area contributed by atoms with Gasteiger partial charge in [0.1, 0.15) is 11.4 Å². The number of ether oxygens (including phenoxy) is 1. The van der Waals surface area contributed by atoms with Crippen molar-refractivity contribution >= 4 is 0 Å². The molecule has 3 heteroatoms. The van der Waals surface area contributed by atoms with Gasteiger partial charge in [-0.15, -0.1) is 0 Å². The van der Waals surface area contributed by atoms with Gasteiger partial charge in [0.2, 0.25) is 0 Å². The number of nitrogens with two attached hydrogens (primary N) is 1. The van der Waals surface area contributed by atoms with Crippen LogP contribution in [0, 0.1) is 5.41 Å². The molecule has 0 aliphatic heterocycles. The van der Waals surface area contributed by atoms with Gasteiger partial charge < -0.3 is 10.5 Å². The molecule has 1 heterocycles. The van der Waals surface area contributed by atoms with Gasteiger partial charge in [-0.05, 0) is 24.0 Å². The summed E-state index contributed by atoms with van der Waals surface area (Å²) in [5, 5.41) is 0. The number of pyridine rings is 1. The van der Waals surface area contributed by atoms with E-state index in [9.17, 15) is 0 Å². The highest BCUT2D eigenvalue weighted by molar-refractivity contribution is 5.40. The summed E-state index contributed by atoms with van der Waals surface area (Å²) in [5.41, 5.74) is 6.99. The first kappa shape index (κ1) is 9.46. The van der Waals surface area contributed by atoms with Crippen molar-refractivity contribution in [3.8, 4) is 5.75 Å². The summed E-state index contributed by atoms with van der Waals surface area (Å²) < 4.78 is 5.26. The Labute approximate surface area is 84.3 Å². The van der Waals surface area contributed by atoms with Crippen LogP contribution >= 0.6 is 0 Å². The molecule has 76 valence electrons. The molecule has 1 aliphatic rings. The molecule has 1 unspecified atom stereocenters. The molecule has 2 rings (SSSR count). The molecule has 0 radical (unpaired) electrons. The van der Waals surface area contributed by atoms with Crippen molar-refractivity contribution in [2.24, 2.45) is 11.1 Å². The van der Waals surface area contributed by atoms with E-state index in [1.807, 2.05) is 12.1 Å². The smallest absolute Gasteiger partial charge is 0.142 e. The van der Waals surface area contributed by atoms with E-state index in [2.05, 4.69) is 18.8 Å². The predicted octanol–water partition coefficient (Wildman–Crippen LogP) is 1.67. The van der Waals surface area contributed by atoms with Gasteiger partial charge in [0, 0.05) is 6.20 Å². The Kier molecular flexibility index (Phi) is 1.83. The van der Waals surface area contributed by atoms with Crippen LogP contribution in [-0.4, -0.2) is 12.1 Å². The van der Waals surface area contributed by atoms with Gasteiger partial charge in [-0.3, -0.25) is 4.98 Å². The van der Waals surface area contributed by atoms with Crippen molar-refractivity contribution in [1.82, 2.24) is 4.98 Å². The van der Waals surface area contributed by atoms with Crippen molar-refractivity contribution in [2.45, 2.75) is 25.8 Å². The third-order valence-corrected chi connectivity index (χ3v) is 3.22. The lowest BCUT2D eigenvalue weighted by atomic mass is 10.0. The van der Waals surface area contributed by atoms with E-state index >= 15 is 0 Å². The Hall–Kier alpha value is -1.09. The largest absolute Gasteiger partial charge is 0.495 e. The van der Waals surface area contributed by atoms with Crippen molar-refractivity contribution < 1.29 is 4.74 Å². The fourth-order valence-corrected chi connectivity index (χ4v) is 1.95. The Morgan fingerprint density at radius 3 is 2.64 bits per heavy atom. The normalized spacial score (nSPS) is 28.6. The molecule has 1 atom stereocenters. The lowest BCUT2D eigenvalue weighted by Crippen LogP contribution is -2.27. The lowest BCUT2D eigenvalue weighted by molar-refractivity contribution is 0.390. The zero-order valence-corrected chi connectivity index (χ0v) is 8.87. The number of rotatable bonds is 2. The van der Waals surface area contributed by atoms with Crippen molar-refractivity contribution in [1.29, 1.82) is 0 Å². The third kappa shape index (κ3) is 1.12. The standard InChI is InChI=1S/C11H16N2O/c1-10(2)7-11(10,12)9-8(14-3)5-4-6-13-9/h4-6H,7,12H2,1-3H3. The van der Waals surface area contributed by atoms with Crippen LogP contribution in [0.2, 0.25) is 0 Å². The molecule has 0 saturated heterocycles. The number of hydrogen-bond donors (Lipinski definition) is 1. The molecular weight excluding hydrogens is 176 g/mol. The van der Waals surface area contributed by atoms with Gasteiger partial charge in [0.25, 0.3) is 0 Å². The molecule has 0 aromatic carbocycles. The molecule has 0 bridgehead atoms. The summed E-state index contributed by atoms with van der Waals surface area (Å²) in [5.74, 6) is 0.792. The predicted molar refractivity (Wildman–Crippen MR) is 55.1 cm³/mol. The van der Waals surface area contributed by atoms with Crippen molar-refractivity contribution in [3.05, 3.63) is 24.0 Å². The van der Waals surface area contributed by atoms with E-state index in [-0.39, 0.29) is 11.0 Å². The monoisotopic (exact) mass is 192 g/mol. The molecule has 1 fully saturated rings. The second-order valence-corrected chi connectivity index (χ2v) is 4.59. The van der Waals surface area contributed by atoms with Gasteiger partial charge in [-0.25, -0.2) is 0 Å². The van der Waals surface area contributed by atoms with Crippen LogP contribution in [0.4, 0.5) is 0 Å². The number of nitrogens with zero attached hydrogens (tertiary/aromatic N) is 1. The molecule has 2 N–H and O–H groups in total. The Balaban J connectivity index is 2.43. The highest BCUT2D eigenvalue weighted by Gasteiger charge is 2.61. The van der Waals surface area contributed by atoms with Gasteiger partial charge in [0.05, 0.1) is 12.6 Å². The van der Waals surface area contributed by atoms with Gasteiger partial charge in [0.15, 0.2) is 0 Å². The molecule has 1 aromatic heterocycles. The maximum absolute atomic E-state index is 6.28. The fourth-order valence-electron chi connectivity index (χ4n) is 1.95. The summed E-state index contributed by atoms with van der Waals surface area (Å²) >= 11 is 0. The Morgan fingerprint density at radius 2 is 2.14 bits per heavy atom. The Morgan fingerprint density at radius 1 is 1.50 bits per heavy atom. The quantitative estimate of drug-likeness (QED) is 0.775. The van der Waals surface area contributed by atoms with E-state index < -0.39 is 0 Å². The number of aromatic nitrogens is 1. The average molecular weight is 192 g/mol. The summed E-state index contributed by atoms with van der Waals surface area (Å²) in [6.45, 7) is 4.31. The highest BCUT2D eigenvalue weighted by atomic mass is 16.5. The van der Waals surface area contributed by atoms with Gasteiger partial charge in [-0.2, -0.15) is 0 Å². The molecule has 3 nitrogen and oxygen atoms in total. The van der Waals surface area contributed by atoms with Crippen LogP contribution in [0.3, 0.4) is 0 Å². The summed E-state index contributed by atoms with van der Waals surface area (Å²) in [6, 6.07) is 3.77. The van der Waals surface area contributed by atoms with E-state index in [1.54, 1.807) is 13.3 Å². The molecule has 0 amide bonds. The lowest BCUT2D eigenvalue weighted by Gasteiger charge is -2.16. The van der Waals surface area contributed by atoms with Crippen LogP contribution in [0.1, 0.15) is 26.0 Å². The van der Waals surface area contributed by atoms with Crippen LogP contribution in [0.25, 0.3) is 0 Å². The van der Waals surface area contributed by atoms with Crippen molar-refractivity contribution in [3.63, 3.8) is 0 Å². The molecular formula is C11H16N2O. The maximum Gasteiger partial charge on any atom is 0.142 e. The van der Waals surface area contributed by atoms with E-state index in [1.165, 1.54) is 0 Å². The highest BCUT2D eigenvalue weighted by Crippen LogP contribution is 2.61. The summed E-state index contributed by atoms with van der Waals surface area (Å²) in [6.07, 6.45) is 2.73. The van der Waals surface area contributed by atoms with E-state index in [4.69, 9.17) is 10.5 Å². The zero-order chi connectivity index (χ0) is 10.4. The van der Waals surface area contributed by atoms with E-state index in [0.717, 1.165) is 17.9 Å².